The monoisotopic (exact) mass is 325 g/mol. The molecular formula is C20H39NO2. The predicted octanol–water partition coefficient (Wildman–Crippen LogP) is 6.12. The van der Waals surface area contributed by atoms with Crippen LogP contribution in [0.25, 0.3) is 0 Å². The number of quaternary nitrogens is 1. The Morgan fingerprint density at radius 1 is 0.783 bits per heavy atom. The van der Waals surface area contributed by atoms with Gasteiger partial charge in [-0.2, -0.15) is 0 Å². The van der Waals surface area contributed by atoms with E-state index in [1.165, 1.54) is 84.7 Å². The Hall–Kier alpha value is -0.670. The summed E-state index contributed by atoms with van der Waals surface area (Å²) in [5, 5.41) is 11.4. The maximum atomic E-state index is 11.4. The first-order valence-electron chi connectivity index (χ1n) is 9.72. The molecule has 1 amide bonds. The lowest BCUT2D eigenvalue weighted by atomic mass is 10.1. The summed E-state index contributed by atoms with van der Waals surface area (Å²) in [7, 11) is 2.81. The molecule has 0 aromatic heterocycles. The van der Waals surface area contributed by atoms with Crippen LogP contribution in [0.4, 0.5) is 0 Å². The first kappa shape index (κ1) is 22.3. The van der Waals surface area contributed by atoms with Gasteiger partial charge in [-0.25, -0.2) is 4.79 Å². The number of hydrogen-bond donors (Lipinski definition) is 0. The maximum Gasteiger partial charge on any atom is 0.313 e. The van der Waals surface area contributed by atoms with E-state index in [-0.39, 0.29) is 5.91 Å². The van der Waals surface area contributed by atoms with Crippen LogP contribution in [0.1, 0.15) is 96.8 Å². The van der Waals surface area contributed by atoms with Gasteiger partial charge in [0.1, 0.15) is 0 Å². The number of carbonyl (C=O) groups excluding carboxylic acids is 1. The average molecular weight is 326 g/mol. The van der Waals surface area contributed by atoms with Crippen LogP contribution in [0.3, 0.4) is 0 Å². The molecule has 136 valence electrons. The van der Waals surface area contributed by atoms with Gasteiger partial charge in [-0.15, -0.1) is 0 Å². The van der Waals surface area contributed by atoms with E-state index in [0.717, 1.165) is 12.8 Å². The zero-order valence-corrected chi connectivity index (χ0v) is 15.8. The lowest BCUT2D eigenvalue weighted by Gasteiger charge is -2.30. The Labute approximate surface area is 144 Å². The maximum absolute atomic E-state index is 11.4. The fourth-order valence-corrected chi connectivity index (χ4v) is 2.62. The van der Waals surface area contributed by atoms with Crippen molar-refractivity contribution in [2.75, 3.05) is 14.1 Å². The summed E-state index contributed by atoms with van der Waals surface area (Å²) in [6.45, 7) is 2.26. The molecule has 0 fully saturated rings. The van der Waals surface area contributed by atoms with Crippen molar-refractivity contribution in [3.63, 3.8) is 0 Å². The van der Waals surface area contributed by atoms with Crippen LogP contribution in [0.15, 0.2) is 12.2 Å². The fraction of sp³-hybridized carbons (Fsp3) is 0.850. The lowest BCUT2D eigenvalue weighted by Crippen LogP contribution is -2.39. The summed E-state index contributed by atoms with van der Waals surface area (Å²) in [6, 6.07) is 0. The molecule has 0 heterocycles. The van der Waals surface area contributed by atoms with Gasteiger partial charge in [-0.3, -0.25) is 0 Å². The van der Waals surface area contributed by atoms with E-state index < -0.39 is 4.65 Å². The number of allylic oxidation sites excluding steroid dienone is 2. The predicted molar refractivity (Wildman–Crippen MR) is 99.9 cm³/mol. The van der Waals surface area contributed by atoms with Gasteiger partial charge in [0, 0.05) is 0 Å². The van der Waals surface area contributed by atoms with E-state index in [9.17, 15) is 10.0 Å². The number of unbranched alkanes of at least 4 members (excludes halogenated alkanes) is 11. The van der Waals surface area contributed by atoms with Crippen LogP contribution < -0.4 is 0 Å². The summed E-state index contributed by atoms with van der Waals surface area (Å²) in [5.41, 5.74) is 0. The van der Waals surface area contributed by atoms with Gasteiger partial charge >= 0.3 is 5.91 Å². The Morgan fingerprint density at radius 3 is 1.70 bits per heavy atom. The van der Waals surface area contributed by atoms with Crippen molar-refractivity contribution < 1.29 is 9.44 Å². The standard InChI is InChI=1S/C20H39NO2/c1-4-5-6-7-8-9-10-11-12-13-14-15-16-17-18-19-20(22)21(2,3)23/h11-12H,4-10,13-19H2,1-3H3/b12-11-. The van der Waals surface area contributed by atoms with Crippen molar-refractivity contribution in [2.24, 2.45) is 0 Å². The molecule has 0 aliphatic carbocycles. The van der Waals surface area contributed by atoms with Crippen LogP contribution in [0, 0.1) is 5.21 Å². The van der Waals surface area contributed by atoms with Crippen LogP contribution in [0.5, 0.6) is 0 Å². The number of hydroxylamine groups is 3. The highest BCUT2D eigenvalue weighted by molar-refractivity contribution is 5.68. The zero-order valence-electron chi connectivity index (χ0n) is 15.8. The summed E-state index contributed by atoms with van der Waals surface area (Å²) in [4.78, 5) is 11.4. The summed E-state index contributed by atoms with van der Waals surface area (Å²) >= 11 is 0. The zero-order chi connectivity index (χ0) is 17.4. The molecule has 0 saturated carbocycles. The van der Waals surface area contributed by atoms with Crippen molar-refractivity contribution in [2.45, 2.75) is 96.8 Å². The van der Waals surface area contributed by atoms with Gasteiger partial charge in [0.25, 0.3) is 0 Å². The molecule has 0 N–H and O–H groups in total. The van der Waals surface area contributed by atoms with Crippen molar-refractivity contribution in [1.29, 1.82) is 0 Å². The molecule has 0 aromatic carbocycles. The third-order valence-corrected chi connectivity index (χ3v) is 4.25. The molecular weight excluding hydrogens is 286 g/mol. The molecule has 0 saturated heterocycles. The van der Waals surface area contributed by atoms with Gasteiger partial charge in [0.05, 0.1) is 20.5 Å². The van der Waals surface area contributed by atoms with E-state index in [1.54, 1.807) is 0 Å². The second kappa shape index (κ2) is 14.9. The van der Waals surface area contributed by atoms with E-state index in [0.29, 0.717) is 6.42 Å². The van der Waals surface area contributed by atoms with Crippen molar-refractivity contribution in [3.8, 4) is 0 Å². The first-order chi connectivity index (χ1) is 11.0. The van der Waals surface area contributed by atoms with Crippen molar-refractivity contribution in [1.82, 2.24) is 0 Å². The Morgan fingerprint density at radius 2 is 1.22 bits per heavy atom. The molecule has 23 heavy (non-hydrogen) atoms. The molecule has 0 rings (SSSR count). The molecule has 3 nitrogen and oxygen atoms in total. The number of carbonyl (C=O) groups is 1. The van der Waals surface area contributed by atoms with E-state index in [2.05, 4.69) is 19.1 Å². The molecule has 0 unspecified atom stereocenters. The highest BCUT2D eigenvalue weighted by Gasteiger charge is 2.14. The van der Waals surface area contributed by atoms with Gasteiger partial charge in [-0.05, 0) is 32.1 Å². The number of amides is 1. The molecule has 0 atom stereocenters. The third kappa shape index (κ3) is 16.0. The Kier molecular flexibility index (Phi) is 14.5. The second-order valence-corrected chi connectivity index (χ2v) is 7.08. The minimum absolute atomic E-state index is 0.206. The van der Waals surface area contributed by atoms with Crippen LogP contribution in [0.2, 0.25) is 0 Å². The highest BCUT2D eigenvalue weighted by atomic mass is 16.6. The van der Waals surface area contributed by atoms with Gasteiger partial charge in [0.15, 0.2) is 0 Å². The smallest absolute Gasteiger partial charge is 0.313 e. The minimum atomic E-state index is -0.788. The molecule has 0 aliphatic rings. The van der Waals surface area contributed by atoms with Crippen LogP contribution in [-0.4, -0.2) is 24.6 Å². The van der Waals surface area contributed by atoms with Gasteiger partial charge in [0.2, 0.25) is 0 Å². The molecule has 0 spiro atoms. The topological polar surface area (TPSA) is 40.1 Å². The van der Waals surface area contributed by atoms with Gasteiger partial charge < -0.3 is 9.85 Å². The van der Waals surface area contributed by atoms with Crippen molar-refractivity contribution in [3.05, 3.63) is 17.4 Å². The SMILES string of the molecule is CCCCCCCC/C=C\CCCCCCCC(=O)[N+](C)(C)[O-]. The number of hydrogen-bond acceptors (Lipinski definition) is 2. The van der Waals surface area contributed by atoms with E-state index >= 15 is 0 Å². The highest BCUT2D eigenvalue weighted by Crippen LogP contribution is 2.11. The molecule has 0 radical (unpaired) electrons. The Bertz CT molecular complexity index is 305. The second-order valence-electron chi connectivity index (χ2n) is 7.08. The molecule has 0 aliphatic heterocycles. The normalized spacial score (nSPS) is 12.2. The molecule has 0 bridgehead atoms. The summed E-state index contributed by atoms with van der Waals surface area (Å²) < 4.78 is -0.788. The van der Waals surface area contributed by atoms with E-state index in [4.69, 9.17) is 0 Å². The summed E-state index contributed by atoms with van der Waals surface area (Å²) in [5.74, 6) is -0.206. The minimum Gasteiger partial charge on any atom is -0.626 e. The number of rotatable bonds is 15. The average Bonchev–Trinajstić information content (AvgIpc) is 2.50. The van der Waals surface area contributed by atoms with Gasteiger partial charge in [-0.1, -0.05) is 70.4 Å². The third-order valence-electron chi connectivity index (χ3n) is 4.25. The first-order valence-corrected chi connectivity index (χ1v) is 9.72. The quantitative estimate of drug-likeness (QED) is 0.157. The molecule has 0 aromatic rings. The van der Waals surface area contributed by atoms with Crippen LogP contribution in [-0.2, 0) is 4.79 Å². The Balaban J connectivity index is 3.24. The summed E-state index contributed by atoms with van der Waals surface area (Å²) in [6.07, 6.45) is 21.3. The largest absolute Gasteiger partial charge is 0.626 e. The number of nitrogens with zero attached hydrogens (tertiary/aromatic N) is 1. The van der Waals surface area contributed by atoms with Crippen LogP contribution >= 0.6 is 0 Å². The lowest BCUT2D eigenvalue weighted by molar-refractivity contribution is -0.760. The fourth-order valence-electron chi connectivity index (χ4n) is 2.62. The molecule has 3 heteroatoms. The van der Waals surface area contributed by atoms with Crippen molar-refractivity contribution >= 4 is 5.91 Å². The van der Waals surface area contributed by atoms with E-state index in [1.807, 2.05) is 0 Å².